The van der Waals surface area contributed by atoms with Crippen LogP contribution in [0.5, 0.6) is 0 Å². The van der Waals surface area contributed by atoms with Gasteiger partial charge in [0.15, 0.2) is 0 Å². The lowest BCUT2D eigenvalue weighted by molar-refractivity contribution is 0.669. The molecule has 0 aliphatic carbocycles. The standard InChI is InChI=1S/C72H45N3O/c1-3-12-46(13-4-1)50-22-29-55(30-23-50)73(57-33-26-48-16-7-9-18-52(48)40-57)59-35-37-61-62-20-11-21-63-66-45-65-54(42-67(66)75(72(62)63)68(61)43-59)28-39-69-71(65)64-38-36-60(44-70(64)76-69)74(58-34-27-49-17-8-10-19-53(49)41-58)56-31-24-51(25-32-56)47-14-5-2-6-15-47/h1-45H/i1D,2D. The number of nitrogens with zero attached hydrogens (tertiary/aromatic N) is 3. The summed E-state index contributed by atoms with van der Waals surface area (Å²) in [6, 6.07) is 93.8. The van der Waals surface area contributed by atoms with Gasteiger partial charge in [-0.2, -0.15) is 0 Å². The molecular formula is C72H45N3O. The van der Waals surface area contributed by atoms with Gasteiger partial charge in [-0.05, 0) is 146 Å². The van der Waals surface area contributed by atoms with E-state index < -0.39 is 0 Å². The van der Waals surface area contributed by atoms with E-state index in [0.717, 1.165) is 94.6 Å². The van der Waals surface area contributed by atoms with Crippen LogP contribution in [0.3, 0.4) is 0 Å². The number of fused-ring (bicyclic) bond motifs is 13. The van der Waals surface area contributed by atoms with Crippen LogP contribution in [0.1, 0.15) is 2.74 Å². The predicted octanol–water partition coefficient (Wildman–Crippen LogP) is 20.5. The molecule has 0 bridgehead atoms. The number of rotatable bonds is 8. The Morgan fingerprint density at radius 3 is 1.37 bits per heavy atom. The number of para-hydroxylation sites is 1. The van der Waals surface area contributed by atoms with Crippen molar-refractivity contribution < 1.29 is 7.16 Å². The van der Waals surface area contributed by atoms with Gasteiger partial charge in [0.2, 0.25) is 0 Å². The Bertz CT molecular complexity index is 5040. The number of hydrogen-bond donors (Lipinski definition) is 0. The molecule has 3 aromatic heterocycles. The first-order chi connectivity index (χ1) is 38.4. The van der Waals surface area contributed by atoms with E-state index in [0.29, 0.717) is 12.1 Å². The largest absolute Gasteiger partial charge is 0.456 e. The fourth-order valence-corrected chi connectivity index (χ4v) is 12.1. The summed E-state index contributed by atoms with van der Waals surface area (Å²) >= 11 is 0. The molecule has 0 aliphatic heterocycles. The van der Waals surface area contributed by atoms with Crippen LogP contribution in [0.4, 0.5) is 34.1 Å². The minimum absolute atomic E-state index is 0.502. The first-order valence-corrected chi connectivity index (χ1v) is 25.9. The van der Waals surface area contributed by atoms with Crippen molar-refractivity contribution >= 4 is 126 Å². The van der Waals surface area contributed by atoms with Gasteiger partial charge in [0, 0.05) is 72.5 Å². The van der Waals surface area contributed by atoms with Crippen LogP contribution in [0.25, 0.3) is 115 Å². The topological polar surface area (TPSA) is 24.0 Å². The molecular weight excluding hydrogens is 923 g/mol. The third-order valence-electron chi connectivity index (χ3n) is 15.7. The molecule has 0 saturated heterocycles. The Morgan fingerprint density at radius 1 is 0.289 bits per heavy atom. The van der Waals surface area contributed by atoms with Gasteiger partial charge in [-0.15, -0.1) is 0 Å². The highest BCUT2D eigenvalue weighted by molar-refractivity contribution is 6.28. The molecule has 16 aromatic rings. The first kappa shape index (κ1) is 40.3. The zero-order chi connectivity index (χ0) is 51.6. The van der Waals surface area contributed by atoms with Crippen molar-refractivity contribution in [2.45, 2.75) is 0 Å². The number of benzene rings is 13. The highest BCUT2D eigenvalue weighted by Gasteiger charge is 2.23. The molecule has 13 aromatic carbocycles. The number of hydrogen-bond acceptors (Lipinski definition) is 3. The summed E-state index contributed by atoms with van der Waals surface area (Å²) in [5.74, 6) is 0. The Hall–Kier alpha value is -10.2. The second-order valence-electron chi connectivity index (χ2n) is 20.0. The molecule has 4 heteroatoms. The van der Waals surface area contributed by atoms with E-state index in [1.165, 1.54) is 54.1 Å². The molecule has 0 spiro atoms. The van der Waals surface area contributed by atoms with E-state index in [2.05, 4.69) is 227 Å². The number of anilines is 6. The molecule has 0 fully saturated rings. The Kier molecular flexibility index (Phi) is 8.86. The molecule has 4 nitrogen and oxygen atoms in total. The van der Waals surface area contributed by atoms with Crippen molar-refractivity contribution in [1.82, 2.24) is 4.40 Å². The van der Waals surface area contributed by atoms with Gasteiger partial charge in [-0.25, -0.2) is 0 Å². The Morgan fingerprint density at radius 2 is 0.763 bits per heavy atom. The van der Waals surface area contributed by atoms with Crippen LogP contribution < -0.4 is 9.80 Å². The lowest BCUT2D eigenvalue weighted by Gasteiger charge is -2.26. The monoisotopic (exact) mass is 969 g/mol. The maximum absolute atomic E-state index is 8.02. The average Bonchev–Trinajstić information content (AvgIpc) is 4.32. The van der Waals surface area contributed by atoms with Gasteiger partial charge < -0.3 is 18.6 Å². The maximum atomic E-state index is 8.02. The minimum Gasteiger partial charge on any atom is -0.456 e. The third-order valence-corrected chi connectivity index (χ3v) is 15.7. The second kappa shape index (κ2) is 16.7. The van der Waals surface area contributed by atoms with Crippen LogP contribution in [0.15, 0.2) is 277 Å². The van der Waals surface area contributed by atoms with Crippen LogP contribution >= 0.6 is 0 Å². The van der Waals surface area contributed by atoms with Crippen LogP contribution in [-0.4, -0.2) is 4.40 Å². The van der Waals surface area contributed by atoms with E-state index in [4.69, 9.17) is 7.16 Å². The molecule has 0 unspecified atom stereocenters. The highest BCUT2D eigenvalue weighted by atomic mass is 16.3. The molecule has 0 amide bonds. The van der Waals surface area contributed by atoms with Crippen molar-refractivity contribution in [1.29, 1.82) is 0 Å². The molecule has 0 aliphatic rings. The van der Waals surface area contributed by atoms with Gasteiger partial charge in [0.1, 0.15) is 11.2 Å². The van der Waals surface area contributed by atoms with E-state index in [9.17, 15) is 0 Å². The summed E-state index contributed by atoms with van der Waals surface area (Å²) in [5.41, 5.74) is 15.9. The Labute approximate surface area is 440 Å². The van der Waals surface area contributed by atoms with E-state index in [-0.39, 0.29) is 0 Å². The van der Waals surface area contributed by atoms with Crippen LogP contribution in [0, 0.1) is 0 Å². The van der Waals surface area contributed by atoms with Gasteiger partial charge in [0.25, 0.3) is 0 Å². The fraction of sp³-hybridized carbons (Fsp3) is 0. The van der Waals surface area contributed by atoms with Crippen LogP contribution in [0.2, 0.25) is 0 Å². The third kappa shape index (κ3) is 6.64. The summed E-state index contributed by atoms with van der Waals surface area (Å²) in [4.78, 5) is 4.68. The molecule has 16 rings (SSSR count). The lowest BCUT2D eigenvalue weighted by atomic mass is 10.00. The predicted molar refractivity (Wildman–Crippen MR) is 321 cm³/mol. The highest BCUT2D eigenvalue weighted by Crippen LogP contribution is 2.47. The smallest absolute Gasteiger partial charge is 0.137 e. The molecule has 0 N–H and O–H groups in total. The van der Waals surface area contributed by atoms with Gasteiger partial charge in [0.05, 0.1) is 19.3 Å². The van der Waals surface area contributed by atoms with Crippen molar-refractivity contribution in [3.8, 4) is 22.3 Å². The summed E-state index contributed by atoms with van der Waals surface area (Å²) in [6.07, 6.45) is 0. The maximum Gasteiger partial charge on any atom is 0.137 e. The van der Waals surface area contributed by atoms with Crippen molar-refractivity contribution in [2.24, 2.45) is 0 Å². The minimum atomic E-state index is 0.502. The van der Waals surface area contributed by atoms with Gasteiger partial charge in [-0.1, -0.05) is 176 Å². The van der Waals surface area contributed by atoms with Gasteiger partial charge in [-0.3, -0.25) is 0 Å². The van der Waals surface area contributed by atoms with E-state index in [1.807, 2.05) is 48.5 Å². The van der Waals surface area contributed by atoms with Crippen molar-refractivity contribution in [2.75, 3.05) is 9.80 Å². The molecule has 0 saturated carbocycles. The SMILES string of the molecule is [2H]c1ccc(-c2ccc(N(c3ccc4ccccc4c3)c3ccc4c(c3)oc3ccc5cc6c(cc5c34)c3cccc4c5ccc(N(c7ccc(-c8ccc([2H])cc8)cc7)c7ccc8ccccc8c7)cc5n6c43)cc2)cc1. The van der Waals surface area contributed by atoms with E-state index in [1.54, 1.807) is 0 Å². The molecule has 76 heavy (non-hydrogen) atoms. The number of furan rings is 1. The quantitative estimate of drug-likeness (QED) is 0.152. The summed E-state index contributed by atoms with van der Waals surface area (Å²) in [6.45, 7) is 0. The zero-order valence-corrected chi connectivity index (χ0v) is 41.1. The molecule has 0 radical (unpaired) electrons. The van der Waals surface area contributed by atoms with Crippen LogP contribution in [-0.2, 0) is 0 Å². The molecule has 354 valence electrons. The summed E-state index contributed by atoms with van der Waals surface area (Å²) in [5, 5.41) is 14.1. The Balaban J connectivity index is 0.839. The van der Waals surface area contributed by atoms with Gasteiger partial charge >= 0.3 is 0 Å². The second-order valence-corrected chi connectivity index (χ2v) is 20.0. The summed E-state index contributed by atoms with van der Waals surface area (Å²) in [7, 11) is 0. The van der Waals surface area contributed by atoms with E-state index >= 15 is 0 Å². The molecule has 0 atom stereocenters. The number of aromatic nitrogens is 1. The first-order valence-electron chi connectivity index (χ1n) is 26.9. The molecule has 3 heterocycles. The van der Waals surface area contributed by atoms with Crippen molar-refractivity contribution in [3.63, 3.8) is 0 Å². The average molecular weight is 970 g/mol. The van der Waals surface area contributed by atoms with Crippen molar-refractivity contribution in [3.05, 3.63) is 273 Å². The normalized spacial score (nSPS) is 12.3. The lowest BCUT2D eigenvalue weighted by Crippen LogP contribution is -2.10. The summed E-state index contributed by atoms with van der Waals surface area (Å²) < 4.78 is 25.4. The fourth-order valence-electron chi connectivity index (χ4n) is 12.1. The zero-order valence-electron chi connectivity index (χ0n) is 43.1.